The molecular weight excluding hydrogens is 842 g/mol. The van der Waals surface area contributed by atoms with Crippen molar-refractivity contribution in [2.45, 2.75) is 104 Å². The molecule has 5 heterocycles. The number of aryl methyl sites for hydroxylation is 1. The molecule has 14 nitrogen and oxygen atoms in total. The summed E-state index contributed by atoms with van der Waals surface area (Å²) in [5.74, 6) is -3.24. The summed E-state index contributed by atoms with van der Waals surface area (Å²) in [5, 5.41) is 5.37. The highest BCUT2D eigenvalue weighted by atomic mass is 19.1. The second-order valence-corrected chi connectivity index (χ2v) is 19.3. The van der Waals surface area contributed by atoms with E-state index in [1.165, 1.54) is 16.0 Å². The van der Waals surface area contributed by atoms with Crippen molar-refractivity contribution in [2.24, 2.45) is 17.3 Å². The molecule has 350 valence electrons. The molecule has 1 aliphatic carbocycles. The Morgan fingerprint density at radius 1 is 1.11 bits per heavy atom. The van der Waals surface area contributed by atoms with E-state index in [-0.39, 0.29) is 49.8 Å². The molecule has 2 fully saturated rings. The van der Waals surface area contributed by atoms with Crippen LogP contribution in [-0.4, -0.2) is 112 Å². The van der Waals surface area contributed by atoms with E-state index in [1.54, 1.807) is 31.3 Å². The van der Waals surface area contributed by atoms with Crippen LogP contribution in [0, 0.1) is 17.3 Å². The van der Waals surface area contributed by atoms with Crippen molar-refractivity contribution >= 4 is 40.5 Å². The number of pyridine rings is 1. The van der Waals surface area contributed by atoms with E-state index < -0.39 is 60.0 Å². The number of likely N-dealkylation sites (tertiary alicyclic amines) is 1. The van der Waals surface area contributed by atoms with Gasteiger partial charge in [0.05, 0.1) is 23.9 Å². The summed E-state index contributed by atoms with van der Waals surface area (Å²) in [6.07, 6.45) is 3.86. The molecule has 4 aromatic rings. The smallest absolute Gasteiger partial charge is 0.324 e. The molecule has 3 aliphatic heterocycles. The van der Waals surface area contributed by atoms with Crippen LogP contribution in [0.1, 0.15) is 88.3 Å². The molecule has 66 heavy (non-hydrogen) atoms. The number of fused-ring (bicyclic) bond motifs is 8. The number of hydrogen-bond donors (Lipinski definition) is 2. The first-order chi connectivity index (χ1) is 31.6. The van der Waals surface area contributed by atoms with Crippen molar-refractivity contribution < 1.29 is 37.8 Å². The Hall–Kier alpha value is -5.93. The summed E-state index contributed by atoms with van der Waals surface area (Å²) in [4.78, 5) is 77.6. The molecule has 6 bridgehead atoms. The SMILES string of the molecule is C=CC(=O)N1CC[C@H](C(=O)N(C)[C@H](C(=O)N[C@H]2Cc3cc(CF)cc(c3)-c3ccc4c(c3)c3c(n4CC)-c4cccnc4[C@@H](OC)C3C(C)(C)COC(=O)[C@@H]3CCCN(N3)C2=O)C(C)C)C1. The summed E-state index contributed by atoms with van der Waals surface area (Å²) in [7, 11) is 3.26. The molecule has 2 aromatic heterocycles. The molecule has 8 rings (SSSR count). The van der Waals surface area contributed by atoms with Gasteiger partial charge in [-0.3, -0.25) is 34.0 Å². The maximum atomic E-state index is 14.9. The number of nitrogens with zero attached hydrogens (tertiary/aromatic N) is 5. The van der Waals surface area contributed by atoms with Crippen LogP contribution in [0.25, 0.3) is 33.3 Å². The molecule has 1 unspecified atom stereocenters. The summed E-state index contributed by atoms with van der Waals surface area (Å²) < 4.78 is 29.8. The molecule has 2 saturated heterocycles. The van der Waals surface area contributed by atoms with Gasteiger partial charge in [-0.2, -0.15) is 0 Å². The van der Waals surface area contributed by atoms with Gasteiger partial charge >= 0.3 is 5.97 Å². The Balaban J connectivity index is 1.23. The zero-order valence-corrected chi connectivity index (χ0v) is 39.1. The minimum atomic E-state index is -1.18. The zero-order chi connectivity index (χ0) is 47.2. The van der Waals surface area contributed by atoms with Gasteiger partial charge in [0.1, 0.15) is 30.9 Å². The van der Waals surface area contributed by atoms with Gasteiger partial charge in [-0.1, -0.05) is 52.5 Å². The van der Waals surface area contributed by atoms with Crippen LogP contribution in [0.4, 0.5) is 4.39 Å². The predicted molar refractivity (Wildman–Crippen MR) is 248 cm³/mol. The van der Waals surface area contributed by atoms with Gasteiger partial charge in [0.15, 0.2) is 0 Å². The van der Waals surface area contributed by atoms with Crippen molar-refractivity contribution in [3.05, 3.63) is 89.8 Å². The lowest BCUT2D eigenvalue weighted by Gasteiger charge is -2.42. The second kappa shape index (κ2) is 18.8. The Morgan fingerprint density at radius 3 is 2.61 bits per heavy atom. The first-order valence-corrected chi connectivity index (χ1v) is 23.2. The highest BCUT2D eigenvalue weighted by molar-refractivity contribution is 5.97. The average molecular weight is 904 g/mol. The van der Waals surface area contributed by atoms with E-state index >= 15 is 0 Å². The predicted octanol–water partition coefficient (Wildman–Crippen LogP) is 6.27. The molecule has 2 N–H and O–H groups in total. The van der Waals surface area contributed by atoms with Crippen LogP contribution in [-0.2, 0) is 53.1 Å². The molecular formula is C51H62FN7O7. The molecule has 2 aromatic carbocycles. The fourth-order valence-electron chi connectivity index (χ4n) is 10.9. The van der Waals surface area contributed by atoms with Crippen LogP contribution < -0.4 is 10.7 Å². The molecule has 4 amide bonds. The summed E-state index contributed by atoms with van der Waals surface area (Å²) in [6.45, 7) is 14.3. The maximum Gasteiger partial charge on any atom is 0.324 e. The fourth-order valence-corrected chi connectivity index (χ4v) is 10.9. The number of halogens is 1. The van der Waals surface area contributed by atoms with E-state index in [9.17, 15) is 28.4 Å². The number of carbonyl (C=O) groups excluding carboxylic acids is 5. The number of alkyl halides is 1. The first kappa shape index (κ1) is 46.6. The van der Waals surface area contributed by atoms with Gasteiger partial charge in [0, 0.05) is 80.8 Å². The highest BCUT2D eigenvalue weighted by Crippen LogP contribution is 2.57. The number of ether oxygens (including phenoxy) is 2. The topological polar surface area (TPSA) is 155 Å². The first-order valence-electron chi connectivity index (χ1n) is 23.2. The van der Waals surface area contributed by atoms with Crippen LogP contribution in [0.3, 0.4) is 0 Å². The Morgan fingerprint density at radius 2 is 1.89 bits per heavy atom. The van der Waals surface area contributed by atoms with Crippen molar-refractivity contribution in [2.75, 3.05) is 40.4 Å². The third-order valence-electron chi connectivity index (χ3n) is 14.1. The zero-order valence-electron chi connectivity index (χ0n) is 39.1. The Kier molecular flexibility index (Phi) is 13.2. The van der Waals surface area contributed by atoms with Gasteiger partial charge < -0.3 is 29.2 Å². The highest BCUT2D eigenvalue weighted by Gasteiger charge is 2.48. The van der Waals surface area contributed by atoms with Crippen molar-refractivity contribution in [1.82, 2.24) is 35.1 Å². The number of aromatic nitrogens is 2. The minimum absolute atomic E-state index is 0.0121. The maximum absolute atomic E-state index is 14.9. The monoisotopic (exact) mass is 903 g/mol. The standard InChI is InChI=1S/C51H62FN7O7/c1-9-40(60)57-20-17-33(27-57)48(62)56(7)44(29(3)4)47(61)54-38-24-30-21-31(26-52)23-34(22-30)32-15-16-39-36(25-32)41-42(46(65-8)43-35(13-11-18-53-43)45(41)58(39)10-2)51(5,6)28-66-50(64)37-14-12-19-59(55-37)49(38)63/h9,11,13,15-16,18,21-23,25,29,33,37-38,42,44,46,55H,1,10,12,14,17,19-20,24,26-28H2,2-8H3,(H,54,61)/t33-,37-,38-,42?,44-,46-/m0/s1. The summed E-state index contributed by atoms with van der Waals surface area (Å²) in [6, 6.07) is 12.7. The average Bonchev–Trinajstić information content (AvgIpc) is 3.95. The molecule has 15 heteroatoms. The van der Waals surface area contributed by atoms with Gasteiger partial charge in [-0.25, -0.2) is 9.82 Å². The van der Waals surface area contributed by atoms with E-state index in [2.05, 4.69) is 60.9 Å². The third-order valence-corrected chi connectivity index (χ3v) is 14.1. The number of nitrogens with one attached hydrogen (secondary N) is 2. The molecule has 0 radical (unpaired) electrons. The van der Waals surface area contributed by atoms with E-state index in [1.807, 2.05) is 38.1 Å². The second-order valence-electron chi connectivity index (χ2n) is 19.3. The van der Waals surface area contributed by atoms with Crippen LogP contribution in [0.5, 0.6) is 0 Å². The summed E-state index contributed by atoms with van der Waals surface area (Å²) >= 11 is 0. The number of methoxy groups -OCH3 is 1. The van der Waals surface area contributed by atoms with Gasteiger partial charge in [-0.05, 0) is 96.3 Å². The number of benzene rings is 2. The number of cyclic esters (lactones) is 1. The van der Waals surface area contributed by atoms with Crippen molar-refractivity contribution in [3.63, 3.8) is 0 Å². The van der Waals surface area contributed by atoms with E-state index in [4.69, 9.17) is 14.5 Å². The number of hydrazine groups is 1. The molecule has 4 aliphatic rings. The van der Waals surface area contributed by atoms with Gasteiger partial charge in [-0.15, -0.1) is 0 Å². The lowest BCUT2D eigenvalue weighted by atomic mass is 9.67. The van der Waals surface area contributed by atoms with Crippen LogP contribution >= 0.6 is 0 Å². The molecule has 0 spiro atoms. The number of rotatable bonds is 9. The summed E-state index contributed by atoms with van der Waals surface area (Å²) in [5.41, 5.74) is 9.89. The normalized spacial score (nSPS) is 23.2. The fraction of sp³-hybridized carbons (Fsp3) is 0.490. The van der Waals surface area contributed by atoms with Crippen molar-refractivity contribution in [1.29, 1.82) is 0 Å². The lowest BCUT2D eigenvalue weighted by molar-refractivity contribution is -0.156. The van der Waals surface area contributed by atoms with Crippen LogP contribution in [0.15, 0.2) is 67.4 Å². The number of hydrogen-bond acceptors (Lipinski definition) is 9. The van der Waals surface area contributed by atoms with E-state index in [0.29, 0.717) is 43.5 Å². The van der Waals surface area contributed by atoms with Crippen molar-refractivity contribution in [3.8, 4) is 22.4 Å². The van der Waals surface area contributed by atoms with Crippen LogP contribution in [0.2, 0.25) is 0 Å². The minimum Gasteiger partial charge on any atom is -0.464 e. The van der Waals surface area contributed by atoms with E-state index in [0.717, 1.165) is 44.5 Å². The quantitative estimate of drug-likeness (QED) is 0.146. The molecule has 6 atom stereocenters. The Bertz CT molecular complexity index is 2570. The number of esters is 1. The van der Waals surface area contributed by atoms with Gasteiger partial charge in [0.2, 0.25) is 17.7 Å². The largest absolute Gasteiger partial charge is 0.464 e. The third kappa shape index (κ3) is 8.51. The lowest BCUT2D eigenvalue weighted by Crippen LogP contribution is -2.62. The number of amides is 4. The number of carbonyl (C=O) groups is 5. The number of likely N-dealkylation sites (N-methyl/N-ethyl adjacent to an activating group) is 1. The van der Waals surface area contributed by atoms with Gasteiger partial charge in [0.25, 0.3) is 5.91 Å². The molecule has 0 saturated carbocycles. The Labute approximate surface area is 385 Å².